The molecule has 98 valence electrons. The third kappa shape index (κ3) is 4.20. The Morgan fingerprint density at radius 1 is 1.06 bits per heavy atom. The molecule has 1 aromatic carbocycles. The summed E-state index contributed by atoms with van der Waals surface area (Å²) < 4.78 is 9.94. The van der Waals surface area contributed by atoms with E-state index in [9.17, 15) is 9.59 Å². The highest BCUT2D eigenvalue weighted by Crippen LogP contribution is 2.08. The lowest BCUT2D eigenvalue weighted by molar-refractivity contribution is 0.0499. The molecule has 0 radical (unpaired) electrons. The molecule has 0 N–H and O–H groups in total. The summed E-state index contributed by atoms with van der Waals surface area (Å²) in [5.41, 5.74) is 0.735. The molecule has 0 spiro atoms. The highest BCUT2D eigenvalue weighted by Gasteiger charge is 2.11. The van der Waals surface area contributed by atoms with Crippen molar-refractivity contribution in [2.24, 2.45) is 0 Å². The van der Waals surface area contributed by atoms with E-state index in [1.54, 1.807) is 25.1 Å². The lowest BCUT2D eigenvalue weighted by atomic mass is 10.1. The average Bonchev–Trinajstić information content (AvgIpc) is 2.39. The Kier molecular flexibility index (Phi) is 5.91. The molecule has 1 aromatic rings. The summed E-state index contributed by atoms with van der Waals surface area (Å²) in [6, 6.07) is 6.37. The number of hydrogen-bond donors (Lipinski definition) is 0. The van der Waals surface area contributed by atoms with E-state index in [0.717, 1.165) is 12.8 Å². The Morgan fingerprint density at radius 2 is 1.67 bits per heavy atom. The van der Waals surface area contributed by atoms with Gasteiger partial charge in [0.05, 0.1) is 24.3 Å². The quantitative estimate of drug-likeness (QED) is 0.575. The molecule has 0 atom stereocenters. The van der Waals surface area contributed by atoms with Crippen molar-refractivity contribution in [1.82, 2.24) is 0 Å². The Balaban J connectivity index is 2.69. The van der Waals surface area contributed by atoms with Crippen LogP contribution in [0.2, 0.25) is 0 Å². The van der Waals surface area contributed by atoms with E-state index in [-0.39, 0.29) is 0 Å². The minimum absolute atomic E-state index is 0.310. The normalized spacial score (nSPS) is 9.89. The van der Waals surface area contributed by atoms with E-state index in [4.69, 9.17) is 9.47 Å². The monoisotopic (exact) mass is 250 g/mol. The third-order valence-electron chi connectivity index (χ3n) is 2.34. The van der Waals surface area contributed by atoms with Crippen LogP contribution < -0.4 is 0 Å². The number of ether oxygens (including phenoxy) is 2. The van der Waals surface area contributed by atoms with Crippen LogP contribution in [0.1, 0.15) is 47.4 Å². The zero-order valence-electron chi connectivity index (χ0n) is 10.8. The minimum atomic E-state index is -0.430. The fourth-order valence-electron chi connectivity index (χ4n) is 1.38. The van der Waals surface area contributed by atoms with Crippen LogP contribution in [0.25, 0.3) is 0 Å². The molecule has 0 saturated heterocycles. The van der Waals surface area contributed by atoms with Crippen molar-refractivity contribution in [3.05, 3.63) is 35.4 Å². The Hall–Kier alpha value is -1.84. The molecule has 0 aliphatic carbocycles. The molecular formula is C14H18O4. The fraction of sp³-hybridized carbons (Fsp3) is 0.429. The van der Waals surface area contributed by atoms with Gasteiger partial charge in [-0.25, -0.2) is 9.59 Å². The highest BCUT2D eigenvalue weighted by atomic mass is 16.5. The largest absolute Gasteiger partial charge is 0.462 e. The highest BCUT2D eigenvalue weighted by molar-refractivity contribution is 5.95. The first-order valence-electron chi connectivity index (χ1n) is 6.13. The van der Waals surface area contributed by atoms with Crippen LogP contribution in [0, 0.1) is 0 Å². The molecule has 18 heavy (non-hydrogen) atoms. The molecule has 0 unspecified atom stereocenters. The van der Waals surface area contributed by atoms with Crippen LogP contribution >= 0.6 is 0 Å². The SMILES string of the molecule is CCCCOC(=O)c1cccc(C(=O)OCC)c1. The first kappa shape index (κ1) is 14.2. The summed E-state index contributed by atoms with van der Waals surface area (Å²) in [5, 5.41) is 0. The molecule has 0 aliphatic rings. The number of unbranched alkanes of at least 4 members (excludes halogenated alkanes) is 1. The molecular weight excluding hydrogens is 232 g/mol. The molecule has 0 amide bonds. The zero-order valence-corrected chi connectivity index (χ0v) is 10.8. The number of carbonyl (C=O) groups is 2. The van der Waals surface area contributed by atoms with Crippen LogP contribution in [0.5, 0.6) is 0 Å². The lowest BCUT2D eigenvalue weighted by Gasteiger charge is -2.05. The van der Waals surface area contributed by atoms with Crippen LogP contribution in [0.15, 0.2) is 24.3 Å². The van der Waals surface area contributed by atoms with Gasteiger partial charge in [0.2, 0.25) is 0 Å². The van der Waals surface area contributed by atoms with Crippen molar-refractivity contribution >= 4 is 11.9 Å². The number of carbonyl (C=O) groups excluding carboxylic acids is 2. The van der Waals surface area contributed by atoms with Crippen molar-refractivity contribution in [1.29, 1.82) is 0 Å². The van der Waals surface area contributed by atoms with Gasteiger partial charge < -0.3 is 9.47 Å². The molecule has 4 heteroatoms. The van der Waals surface area contributed by atoms with Crippen LogP contribution in [-0.4, -0.2) is 25.2 Å². The smallest absolute Gasteiger partial charge is 0.338 e. The molecule has 0 aliphatic heterocycles. The van der Waals surface area contributed by atoms with Crippen LogP contribution in [0.4, 0.5) is 0 Å². The topological polar surface area (TPSA) is 52.6 Å². The number of esters is 2. The predicted molar refractivity (Wildman–Crippen MR) is 67.6 cm³/mol. The number of rotatable bonds is 6. The van der Waals surface area contributed by atoms with E-state index in [1.165, 1.54) is 6.07 Å². The second-order valence-electron chi connectivity index (χ2n) is 3.79. The average molecular weight is 250 g/mol. The molecule has 0 heterocycles. The predicted octanol–water partition coefficient (Wildman–Crippen LogP) is 2.82. The maximum absolute atomic E-state index is 11.7. The van der Waals surface area contributed by atoms with Crippen LogP contribution in [0.3, 0.4) is 0 Å². The third-order valence-corrected chi connectivity index (χ3v) is 2.34. The summed E-state index contributed by atoms with van der Waals surface area (Å²) in [7, 11) is 0. The van der Waals surface area contributed by atoms with E-state index >= 15 is 0 Å². The van der Waals surface area contributed by atoms with Crippen molar-refractivity contribution in [3.8, 4) is 0 Å². The summed E-state index contributed by atoms with van der Waals surface area (Å²) in [5.74, 6) is -0.838. The van der Waals surface area contributed by atoms with Gasteiger partial charge in [-0.15, -0.1) is 0 Å². The van der Waals surface area contributed by atoms with Gasteiger partial charge in [0.15, 0.2) is 0 Å². The Morgan fingerprint density at radius 3 is 2.22 bits per heavy atom. The van der Waals surface area contributed by atoms with E-state index in [2.05, 4.69) is 0 Å². The standard InChI is InChI=1S/C14H18O4/c1-3-5-9-18-14(16)12-8-6-7-11(10-12)13(15)17-4-2/h6-8,10H,3-5,9H2,1-2H3. The lowest BCUT2D eigenvalue weighted by Crippen LogP contribution is -2.09. The maximum Gasteiger partial charge on any atom is 0.338 e. The fourth-order valence-corrected chi connectivity index (χ4v) is 1.38. The van der Waals surface area contributed by atoms with Gasteiger partial charge >= 0.3 is 11.9 Å². The Labute approximate surface area is 107 Å². The van der Waals surface area contributed by atoms with E-state index in [1.807, 2.05) is 6.92 Å². The summed E-state index contributed by atoms with van der Waals surface area (Å²) >= 11 is 0. The van der Waals surface area contributed by atoms with Crippen molar-refractivity contribution in [2.45, 2.75) is 26.7 Å². The zero-order chi connectivity index (χ0) is 13.4. The molecule has 0 fully saturated rings. The van der Waals surface area contributed by atoms with Gasteiger partial charge in [-0.05, 0) is 31.5 Å². The van der Waals surface area contributed by atoms with E-state index < -0.39 is 11.9 Å². The van der Waals surface area contributed by atoms with Gasteiger partial charge in [0.1, 0.15) is 0 Å². The maximum atomic E-state index is 11.7. The molecule has 0 aromatic heterocycles. The van der Waals surface area contributed by atoms with E-state index in [0.29, 0.717) is 24.3 Å². The van der Waals surface area contributed by atoms with Crippen molar-refractivity contribution < 1.29 is 19.1 Å². The first-order chi connectivity index (χ1) is 8.69. The van der Waals surface area contributed by atoms with Gasteiger partial charge in [-0.2, -0.15) is 0 Å². The summed E-state index contributed by atoms with van der Waals surface area (Å²) in [6.07, 6.45) is 1.81. The second-order valence-corrected chi connectivity index (χ2v) is 3.79. The Bertz CT molecular complexity index is 412. The van der Waals surface area contributed by atoms with Gasteiger partial charge in [0, 0.05) is 0 Å². The van der Waals surface area contributed by atoms with Gasteiger partial charge in [-0.1, -0.05) is 19.4 Å². The molecule has 0 bridgehead atoms. The minimum Gasteiger partial charge on any atom is -0.462 e. The number of benzene rings is 1. The summed E-state index contributed by atoms with van der Waals surface area (Å²) in [6.45, 7) is 4.47. The van der Waals surface area contributed by atoms with Crippen molar-refractivity contribution in [3.63, 3.8) is 0 Å². The van der Waals surface area contributed by atoms with Gasteiger partial charge in [-0.3, -0.25) is 0 Å². The number of hydrogen-bond acceptors (Lipinski definition) is 4. The summed E-state index contributed by atoms with van der Waals surface area (Å²) in [4.78, 5) is 23.2. The molecule has 0 saturated carbocycles. The second kappa shape index (κ2) is 7.48. The first-order valence-corrected chi connectivity index (χ1v) is 6.13. The van der Waals surface area contributed by atoms with Gasteiger partial charge in [0.25, 0.3) is 0 Å². The van der Waals surface area contributed by atoms with Crippen molar-refractivity contribution in [2.75, 3.05) is 13.2 Å². The van der Waals surface area contributed by atoms with Crippen LogP contribution in [-0.2, 0) is 9.47 Å². The molecule has 1 rings (SSSR count). The molecule has 4 nitrogen and oxygen atoms in total.